The minimum atomic E-state index is -0.170. The Bertz CT molecular complexity index is 595. The number of carbonyl (C=O) groups is 1. The summed E-state index contributed by atoms with van der Waals surface area (Å²) in [4.78, 5) is 23.6. The summed E-state index contributed by atoms with van der Waals surface area (Å²) >= 11 is 1.27. The molecule has 1 amide bonds. The molecule has 1 unspecified atom stereocenters. The molecule has 7 heteroatoms. The summed E-state index contributed by atoms with van der Waals surface area (Å²) in [5, 5.41) is 2.88. The second-order valence-electron chi connectivity index (χ2n) is 4.58. The van der Waals surface area contributed by atoms with Crippen LogP contribution in [0.15, 0.2) is 12.4 Å². The van der Waals surface area contributed by atoms with E-state index >= 15 is 0 Å². The molecule has 0 bridgehead atoms. The number of rotatable bonds is 4. The topological polar surface area (TPSA) is 84.1 Å². The van der Waals surface area contributed by atoms with Gasteiger partial charge in [-0.3, -0.25) is 4.79 Å². The minimum absolute atomic E-state index is 0.170. The molecular formula is C12H17N5OS. The lowest BCUT2D eigenvalue weighted by Crippen LogP contribution is -2.38. The molecule has 0 radical (unpaired) electrons. The van der Waals surface area contributed by atoms with E-state index in [2.05, 4.69) is 15.3 Å². The Labute approximate surface area is 115 Å². The molecule has 102 valence electrons. The number of fused-ring (bicyclic) bond motifs is 1. The van der Waals surface area contributed by atoms with E-state index in [1.54, 1.807) is 12.4 Å². The van der Waals surface area contributed by atoms with E-state index in [9.17, 15) is 4.79 Å². The van der Waals surface area contributed by atoms with Crippen LogP contribution < -0.4 is 11.1 Å². The summed E-state index contributed by atoms with van der Waals surface area (Å²) in [6.45, 7) is 2.61. The maximum absolute atomic E-state index is 12.1. The van der Waals surface area contributed by atoms with Crippen molar-refractivity contribution < 1.29 is 4.79 Å². The molecule has 2 rings (SSSR count). The maximum Gasteiger partial charge on any atom is 0.263 e. The van der Waals surface area contributed by atoms with Gasteiger partial charge in [-0.1, -0.05) is 0 Å². The maximum atomic E-state index is 12.1. The number of nitrogens with one attached hydrogen (secondary N) is 1. The molecule has 0 saturated carbocycles. The highest BCUT2D eigenvalue weighted by molar-refractivity contribution is 7.21. The molecule has 1 atom stereocenters. The van der Waals surface area contributed by atoms with Crippen LogP contribution >= 0.6 is 11.3 Å². The van der Waals surface area contributed by atoms with Gasteiger partial charge in [0.05, 0.1) is 5.69 Å². The molecule has 0 aromatic carbocycles. The summed E-state index contributed by atoms with van der Waals surface area (Å²) < 4.78 is 0. The van der Waals surface area contributed by atoms with Gasteiger partial charge in [0.1, 0.15) is 15.2 Å². The fourth-order valence-electron chi connectivity index (χ4n) is 1.52. The number of likely N-dealkylation sites (N-methyl/N-ethyl adjacent to an activating group) is 1. The van der Waals surface area contributed by atoms with Crippen LogP contribution in [0.5, 0.6) is 0 Å². The Hall–Kier alpha value is -1.73. The summed E-state index contributed by atoms with van der Waals surface area (Å²) in [6.07, 6.45) is 3.16. The van der Waals surface area contributed by atoms with Crippen LogP contribution in [0.25, 0.3) is 10.3 Å². The zero-order valence-corrected chi connectivity index (χ0v) is 12.0. The fourth-order valence-corrected chi connectivity index (χ4v) is 2.45. The molecule has 19 heavy (non-hydrogen) atoms. The van der Waals surface area contributed by atoms with Gasteiger partial charge in [-0.15, -0.1) is 11.3 Å². The van der Waals surface area contributed by atoms with Gasteiger partial charge >= 0.3 is 0 Å². The highest BCUT2D eigenvalue weighted by Gasteiger charge is 2.18. The van der Waals surface area contributed by atoms with Crippen molar-refractivity contribution in [2.24, 2.45) is 0 Å². The number of nitrogens with two attached hydrogens (primary N) is 1. The highest BCUT2D eigenvalue weighted by atomic mass is 32.1. The molecule has 0 aliphatic carbocycles. The lowest BCUT2D eigenvalue weighted by atomic mass is 10.3. The Kier molecular flexibility index (Phi) is 3.96. The summed E-state index contributed by atoms with van der Waals surface area (Å²) in [5.74, 6) is -0.170. The lowest BCUT2D eigenvalue weighted by molar-refractivity contribution is 0.0948. The normalized spacial score (nSPS) is 12.8. The van der Waals surface area contributed by atoms with Crippen molar-refractivity contribution in [3.8, 4) is 0 Å². The van der Waals surface area contributed by atoms with Crippen LogP contribution in [0, 0.1) is 0 Å². The van der Waals surface area contributed by atoms with E-state index in [0.717, 1.165) is 0 Å². The largest absolute Gasteiger partial charge is 0.396 e. The van der Waals surface area contributed by atoms with Crippen molar-refractivity contribution in [2.45, 2.75) is 13.0 Å². The van der Waals surface area contributed by atoms with E-state index in [4.69, 9.17) is 5.73 Å². The molecule has 0 aliphatic rings. The molecular weight excluding hydrogens is 262 g/mol. The SMILES string of the molecule is CC(CNC(=O)c1sc2nccnc2c1N)N(C)C. The molecule has 0 saturated heterocycles. The van der Waals surface area contributed by atoms with Crippen molar-refractivity contribution in [2.75, 3.05) is 26.4 Å². The number of hydrogen-bond donors (Lipinski definition) is 2. The minimum Gasteiger partial charge on any atom is -0.396 e. The molecule has 0 aliphatic heterocycles. The number of nitrogen functional groups attached to an aromatic ring is 1. The molecule has 0 spiro atoms. The summed E-state index contributed by atoms with van der Waals surface area (Å²) in [6, 6.07) is 0.260. The quantitative estimate of drug-likeness (QED) is 0.870. The van der Waals surface area contributed by atoms with Crippen LogP contribution in [0.2, 0.25) is 0 Å². The van der Waals surface area contributed by atoms with E-state index in [1.165, 1.54) is 11.3 Å². The number of nitrogens with zero attached hydrogens (tertiary/aromatic N) is 3. The molecule has 3 N–H and O–H groups in total. The van der Waals surface area contributed by atoms with Crippen molar-refractivity contribution >= 4 is 33.3 Å². The first-order valence-electron chi connectivity index (χ1n) is 5.94. The number of hydrogen-bond acceptors (Lipinski definition) is 6. The molecule has 2 aromatic heterocycles. The third kappa shape index (κ3) is 2.82. The van der Waals surface area contributed by atoms with Gasteiger partial charge in [0.15, 0.2) is 0 Å². The highest BCUT2D eigenvalue weighted by Crippen LogP contribution is 2.30. The van der Waals surface area contributed by atoms with Crippen molar-refractivity contribution in [1.29, 1.82) is 0 Å². The summed E-state index contributed by atoms with van der Waals surface area (Å²) in [5.41, 5.74) is 6.94. The first-order valence-corrected chi connectivity index (χ1v) is 6.76. The third-order valence-electron chi connectivity index (χ3n) is 3.01. The van der Waals surface area contributed by atoms with E-state index in [-0.39, 0.29) is 11.9 Å². The Morgan fingerprint density at radius 1 is 1.47 bits per heavy atom. The zero-order valence-electron chi connectivity index (χ0n) is 11.2. The number of anilines is 1. The predicted molar refractivity (Wildman–Crippen MR) is 77.3 cm³/mol. The van der Waals surface area contributed by atoms with Crippen molar-refractivity contribution in [1.82, 2.24) is 20.2 Å². The molecule has 2 heterocycles. The second kappa shape index (κ2) is 5.50. The van der Waals surface area contributed by atoms with Gasteiger partial charge < -0.3 is 16.0 Å². The average molecular weight is 279 g/mol. The van der Waals surface area contributed by atoms with Crippen LogP contribution in [0.3, 0.4) is 0 Å². The monoisotopic (exact) mass is 279 g/mol. The number of aromatic nitrogens is 2. The third-order valence-corrected chi connectivity index (χ3v) is 4.11. The predicted octanol–water partition coefficient (Wildman–Crippen LogP) is 0.953. The zero-order chi connectivity index (χ0) is 14.0. The summed E-state index contributed by atoms with van der Waals surface area (Å²) in [7, 11) is 3.94. The van der Waals surface area contributed by atoms with E-state index < -0.39 is 0 Å². The van der Waals surface area contributed by atoms with E-state index in [1.807, 2.05) is 25.9 Å². The van der Waals surface area contributed by atoms with Crippen LogP contribution in [0.4, 0.5) is 5.69 Å². The Balaban J connectivity index is 2.16. The van der Waals surface area contributed by atoms with Gasteiger partial charge in [0.2, 0.25) is 0 Å². The van der Waals surface area contributed by atoms with Crippen LogP contribution in [-0.2, 0) is 0 Å². The Morgan fingerprint density at radius 3 is 2.79 bits per heavy atom. The van der Waals surface area contributed by atoms with Gasteiger partial charge in [0, 0.05) is 25.0 Å². The standard InChI is InChI=1S/C12H17N5OS/c1-7(17(2)3)6-16-11(18)10-8(13)9-12(19-10)15-5-4-14-9/h4-5,7H,6,13H2,1-3H3,(H,16,18). The smallest absolute Gasteiger partial charge is 0.263 e. The number of thiophene rings is 1. The first-order chi connectivity index (χ1) is 9.00. The lowest BCUT2D eigenvalue weighted by Gasteiger charge is -2.19. The van der Waals surface area contributed by atoms with Crippen molar-refractivity contribution in [3.63, 3.8) is 0 Å². The first kappa shape index (κ1) is 13.7. The van der Waals surface area contributed by atoms with Gasteiger partial charge in [-0.2, -0.15) is 0 Å². The fraction of sp³-hybridized carbons (Fsp3) is 0.417. The van der Waals surface area contributed by atoms with Gasteiger partial charge in [0.25, 0.3) is 5.91 Å². The van der Waals surface area contributed by atoms with Gasteiger partial charge in [-0.25, -0.2) is 9.97 Å². The Morgan fingerprint density at radius 2 is 2.16 bits per heavy atom. The van der Waals surface area contributed by atoms with E-state index in [0.29, 0.717) is 27.5 Å². The van der Waals surface area contributed by atoms with Gasteiger partial charge in [-0.05, 0) is 21.0 Å². The molecule has 2 aromatic rings. The average Bonchev–Trinajstić information content (AvgIpc) is 2.73. The second-order valence-corrected chi connectivity index (χ2v) is 5.58. The van der Waals surface area contributed by atoms with Crippen molar-refractivity contribution in [3.05, 3.63) is 17.3 Å². The van der Waals surface area contributed by atoms with Crippen LogP contribution in [0.1, 0.15) is 16.6 Å². The number of amides is 1. The molecule has 0 fully saturated rings. The molecule has 6 nitrogen and oxygen atoms in total. The van der Waals surface area contributed by atoms with Crippen LogP contribution in [-0.4, -0.2) is 47.5 Å². The number of carbonyl (C=O) groups excluding carboxylic acids is 1.